The van der Waals surface area contributed by atoms with Crippen molar-refractivity contribution in [2.24, 2.45) is 0 Å². The lowest BCUT2D eigenvalue weighted by Gasteiger charge is -2.22. The van der Waals surface area contributed by atoms with E-state index in [-0.39, 0.29) is 12.4 Å². The van der Waals surface area contributed by atoms with Crippen LogP contribution in [0.15, 0.2) is 54.9 Å². The molecule has 5 nitrogen and oxygen atoms in total. The molecule has 128 valence electrons. The summed E-state index contributed by atoms with van der Waals surface area (Å²) in [6.07, 6.45) is 3.27. The van der Waals surface area contributed by atoms with E-state index in [0.29, 0.717) is 5.69 Å². The van der Waals surface area contributed by atoms with E-state index in [1.165, 1.54) is 4.90 Å². The summed E-state index contributed by atoms with van der Waals surface area (Å²) in [5, 5.41) is 11.2. The molecule has 0 radical (unpaired) electrons. The number of benzene rings is 2. The number of carbonyl (C=O) groups excluding carboxylic acids is 1. The van der Waals surface area contributed by atoms with Crippen LogP contribution in [0.3, 0.4) is 0 Å². The predicted molar refractivity (Wildman–Crippen MR) is 92.3 cm³/mol. The number of nitriles is 1. The molecule has 1 amide bonds. The van der Waals surface area contributed by atoms with Gasteiger partial charge in [-0.2, -0.15) is 5.26 Å². The highest BCUT2D eigenvalue weighted by Crippen LogP contribution is 2.32. The highest BCUT2D eigenvalue weighted by molar-refractivity contribution is 6.06. The van der Waals surface area contributed by atoms with Crippen molar-refractivity contribution in [3.8, 4) is 6.07 Å². The highest BCUT2D eigenvalue weighted by atomic mass is 19.1. The van der Waals surface area contributed by atoms with E-state index in [1.807, 2.05) is 30.3 Å². The topological polar surface area (TPSA) is 60.2 Å². The third-order valence-corrected chi connectivity index (χ3v) is 4.34. The summed E-state index contributed by atoms with van der Waals surface area (Å²) in [6.45, 7) is -0.00432. The fraction of sp³-hybridized carbons (Fsp3) is 0.105. The Kier molecular flexibility index (Phi) is 3.73. The van der Waals surface area contributed by atoms with Crippen LogP contribution < -0.4 is 9.80 Å². The molecular formula is C19H12F2N4O. The minimum Gasteiger partial charge on any atom is -0.328 e. The molecule has 2 aromatic carbocycles. The Morgan fingerprint density at radius 3 is 2.58 bits per heavy atom. The molecule has 2 heterocycles. The van der Waals surface area contributed by atoms with Crippen LogP contribution in [0.4, 0.5) is 20.2 Å². The molecule has 3 aromatic rings. The second kappa shape index (κ2) is 6.08. The predicted octanol–water partition coefficient (Wildman–Crippen LogP) is 3.22. The molecule has 26 heavy (non-hydrogen) atoms. The second-order valence-electron chi connectivity index (χ2n) is 5.92. The Labute approximate surface area is 147 Å². The number of amides is 1. The van der Waals surface area contributed by atoms with Crippen LogP contribution in [-0.4, -0.2) is 23.6 Å². The van der Waals surface area contributed by atoms with Gasteiger partial charge in [-0.1, -0.05) is 24.3 Å². The highest BCUT2D eigenvalue weighted by Gasteiger charge is 2.40. The van der Waals surface area contributed by atoms with Gasteiger partial charge in [0, 0.05) is 23.0 Å². The maximum absolute atomic E-state index is 13.5. The molecule has 7 heteroatoms. The van der Waals surface area contributed by atoms with Gasteiger partial charge in [-0.15, -0.1) is 0 Å². The van der Waals surface area contributed by atoms with E-state index in [9.17, 15) is 18.8 Å². The summed E-state index contributed by atoms with van der Waals surface area (Å²) < 4.78 is 27.1. The van der Waals surface area contributed by atoms with E-state index in [0.717, 1.165) is 29.0 Å². The van der Waals surface area contributed by atoms with E-state index in [1.54, 1.807) is 17.3 Å². The summed E-state index contributed by atoms with van der Waals surface area (Å²) in [6, 6.07) is 11.2. The summed E-state index contributed by atoms with van der Waals surface area (Å²) in [5.74, 6) is -2.11. The van der Waals surface area contributed by atoms with Gasteiger partial charge in [-0.25, -0.2) is 8.78 Å². The lowest BCUT2D eigenvalue weighted by atomic mass is 10.1. The van der Waals surface area contributed by atoms with Gasteiger partial charge >= 0.3 is 0 Å². The van der Waals surface area contributed by atoms with Gasteiger partial charge < -0.3 is 4.90 Å². The van der Waals surface area contributed by atoms with Crippen LogP contribution in [0.1, 0.15) is 0 Å². The number of pyridine rings is 1. The average molecular weight is 350 g/mol. The molecule has 1 saturated heterocycles. The fourth-order valence-corrected chi connectivity index (χ4v) is 3.16. The van der Waals surface area contributed by atoms with Crippen LogP contribution >= 0.6 is 0 Å². The monoisotopic (exact) mass is 350 g/mol. The van der Waals surface area contributed by atoms with E-state index < -0.39 is 23.6 Å². The van der Waals surface area contributed by atoms with Crippen LogP contribution in [-0.2, 0) is 4.79 Å². The first-order chi connectivity index (χ1) is 12.6. The number of hydrogen-bond donors (Lipinski definition) is 0. The Bertz CT molecular complexity index is 1040. The Morgan fingerprint density at radius 2 is 1.85 bits per heavy atom. The third-order valence-electron chi connectivity index (χ3n) is 4.34. The van der Waals surface area contributed by atoms with Crippen molar-refractivity contribution in [2.45, 2.75) is 6.04 Å². The molecule has 1 aromatic heterocycles. The number of hydrogen-bond acceptors (Lipinski definition) is 4. The zero-order valence-corrected chi connectivity index (χ0v) is 13.4. The number of carbonyl (C=O) groups is 1. The lowest BCUT2D eigenvalue weighted by Crippen LogP contribution is -2.32. The Balaban J connectivity index is 1.80. The number of nitrogens with zero attached hydrogens (tertiary/aromatic N) is 4. The number of anilines is 2. The average Bonchev–Trinajstić information content (AvgIpc) is 2.96. The van der Waals surface area contributed by atoms with Gasteiger partial charge in [-0.05, 0) is 12.1 Å². The molecule has 0 spiro atoms. The van der Waals surface area contributed by atoms with E-state index in [2.05, 4.69) is 4.98 Å². The van der Waals surface area contributed by atoms with Crippen LogP contribution in [0, 0.1) is 23.0 Å². The van der Waals surface area contributed by atoms with Gasteiger partial charge in [0.1, 0.15) is 11.6 Å². The maximum atomic E-state index is 13.5. The van der Waals surface area contributed by atoms with Crippen molar-refractivity contribution >= 4 is 28.1 Å². The summed E-state index contributed by atoms with van der Waals surface area (Å²) in [4.78, 5) is 19.6. The molecule has 0 unspecified atom stereocenters. The quantitative estimate of drug-likeness (QED) is 0.712. The summed E-state index contributed by atoms with van der Waals surface area (Å²) in [5.41, 5.74) is 0.686. The van der Waals surface area contributed by atoms with Crippen molar-refractivity contribution in [2.75, 3.05) is 16.5 Å². The molecule has 0 aliphatic carbocycles. The number of rotatable bonds is 2. The van der Waals surface area contributed by atoms with Gasteiger partial charge in [0.15, 0.2) is 6.04 Å². The zero-order valence-electron chi connectivity index (χ0n) is 13.4. The van der Waals surface area contributed by atoms with Crippen molar-refractivity contribution < 1.29 is 13.6 Å². The Hall–Kier alpha value is -3.53. The van der Waals surface area contributed by atoms with E-state index in [4.69, 9.17) is 0 Å². The van der Waals surface area contributed by atoms with Gasteiger partial charge in [0.2, 0.25) is 0 Å². The first-order valence-corrected chi connectivity index (χ1v) is 7.85. The van der Waals surface area contributed by atoms with Crippen molar-refractivity contribution in [1.29, 1.82) is 5.26 Å². The number of halogens is 2. The molecule has 0 bridgehead atoms. The summed E-state index contributed by atoms with van der Waals surface area (Å²) >= 11 is 0. The largest absolute Gasteiger partial charge is 0.328 e. The molecule has 1 aliphatic heterocycles. The van der Waals surface area contributed by atoms with Crippen molar-refractivity contribution in [3.05, 3.63) is 66.5 Å². The first-order valence-electron chi connectivity index (χ1n) is 7.85. The fourth-order valence-electron chi connectivity index (χ4n) is 3.16. The number of aromatic nitrogens is 1. The standard InChI is InChI=1S/C19H12F2N4O/c20-13-5-14(21)7-15(6-13)24-11-25(17(8-22)19(24)26)18-10-23-9-12-3-1-2-4-16(12)18/h1-7,9-10,17H,11H2/t17-/m1/s1. The molecule has 1 atom stereocenters. The normalized spacial score (nSPS) is 17.0. The smallest absolute Gasteiger partial charge is 0.266 e. The van der Waals surface area contributed by atoms with Crippen LogP contribution in [0.5, 0.6) is 0 Å². The minimum absolute atomic E-state index is 0.00432. The van der Waals surface area contributed by atoms with Crippen molar-refractivity contribution in [3.63, 3.8) is 0 Å². The Morgan fingerprint density at radius 1 is 1.12 bits per heavy atom. The van der Waals surface area contributed by atoms with Gasteiger partial charge in [-0.3, -0.25) is 14.7 Å². The third kappa shape index (κ3) is 2.52. The number of fused-ring (bicyclic) bond motifs is 1. The zero-order chi connectivity index (χ0) is 18.3. The summed E-state index contributed by atoms with van der Waals surface area (Å²) in [7, 11) is 0. The molecule has 4 rings (SSSR count). The van der Waals surface area contributed by atoms with Crippen LogP contribution in [0.25, 0.3) is 10.8 Å². The molecular weight excluding hydrogens is 338 g/mol. The molecule has 1 aliphatic rings. The van der Waals surface area contributed by atoms with Crippen molar-refractivity contribution in [1.82, 2.24) is 4.98 Å². The van der Waals surface area contributed by atoms with Crippen LogP contribution in [0.2, 0.25) is 0 Å². The molecule has 1 fully saturated rings. The minimum atomic E-state index is -1.10. The van der Waals surface area contributed by atoms with Gasteiger partial charge in [0.05, 0.1) is 30.3 Å². The second-order valence-corrected chi connectivity index (χ2v) is 5.92. The lowest BCUT2D eigenvalue weighted by molar-refractivity contribution is -0.117. The molecule has 0 saturated carbocycles. The SMILES string of the molecule is N#C[C@@H]1C(=O)N(c2cc(F)cc(F)c2)CN1c1cncc2ccccc12. The molecule has 0 N–H and O–H groups in total. The maximum Gasteiger partial charge on any atom is 0.266 e. The van der Waals surface area contributed by atoms with E-state index >= 15 is 0 Å². The first kappa shape index (κ1) is 16.0. The van der Waals surface area contributed by atoms with Gasteiger partial charge in [0.25, 0.3) is 5.91 Å².